The van der Waals surface area contributed by atoms with Crippen molar-refractivity contribution in [2.45, 2.75) is 0 Å². The summed E-state index contributed by atoms with van der Waals surface area (Å²) in [4.78, 5) is 14.3. The molecule has 0 aliphatic heterocycles. The first kappa shape index (κ1) is 7.24. The van der Waals surface area contributed by atoms with Crippen molar-refractivity contribution < 1.29 is 9.21 Å². The number of hydrogen-bond acceptors (Lipinski definition) is 4. The second-order valence-corrected chi connectivity index (χ2v) is 3.05. The lowest BCUT2D eigenvalue weighted by atomic mass is 10.4. The minimum atomic E-state index is 0.334. The van der Waals surface area contributed by atoms with Crippen LogP contribution in [0.25, 0.3) is 10.8 Å². The summed E-state index contributed by atoms with van der Waals surface area (Å²) >= 11 is 1.48. The smallest absolute Gasteiger partial charge is 0.185 e. The predicted octanol–water partition coefficient (Wildman–Crippen LogP) is 2.22. The summed E-state index contributed by atoms with van der Waals surface area (Å²) < 4.78 is 5.16. The molecule has 60 valence electrons. The summed E-state index contributed by atoms with van der Waals surface area (Å²) in [6.07, 6.45) is 2.38. The molecule has 2 aromatic heterocycles. The van der Waals surface area contributed by atoms with E-state index in [0.717, 1.165) is 5.01 Å². The first-order chi connectivity index (χ1) is 5.90. The monoisotopic (exact) mass is 179 g/mol. The van der Waals surface area contributed by atoms with Gasteiger partial charge in [-0.15, -0.1) is 11.3 Å². The lowest BCUT2D eigenvalue weighted by Crippen LogP contribution is -1.69. The van der Waals surface area contributed by atoms with Crippen LogP contribution in [0.4, 0.5) is 0 Å². The van der Waals surface area contributed by atoms with E-state index in [9.17, 15) is 4.79 Å². The minimum Gasteiger partial charge on any atom is -0.451 e. The van der Waals surface area contributed by atoms with Gasteiger partial charge in [0.1, 0.15) is 0 Å². The van der Waals surface area contributed by atoms with E-state index in [1.807, 2.05) is 5.38 Å². The van der Waals surface area contributed by atoms with E-state index in [2.05, 4.69) is 4.98 Å². The van der Waals surface area contributed by atoms with Crippen molar-refractivity contribution in [1.29, 1.82) is 0 Å². The number of aromatic nitrogens is 1. The highest BCUT2D eigenvalue weighted by Crippen LogP contribution is 2.22. The topological polar surface area (TPSA) is 43.1 Å². The molecule has 0 aliphatic rings. The summed E-state index contributed by atoms with van der Waals surface area (Å²) in [6, 6.07) is 3.37. The maximum atomic E-state index is 10.3. The third kappa shape index (κ3) is 1.16. The number of furan rings is 1. The van der Waals surface area contributed by atoms with Crippen LogP contribution >= 0.6 is 11.3 Å². The molecule has 2 rings (SSSR count). The van der Waals surface area contributed by atoms with Gasteiger partial charge in [0, 0.05) is 11.6 Å². The molecule has 0 saturated heterocycles. The molecule has 4 heteroatoms. The first-order valence-electron chi connectivity index (χ1n) is 3.35. The average molecular weight is 179 g/mol. The molecule has 0 radical (unpaired) electrons. The molecule has 0 unspecified atom stereocenters. The minimum absolute atomic E-state index is 0.334. The van der Waals surface area contributed by atoms with E-state index in [4.69, 9.17) is 4.42 Å². The van der Waals surface area contributed by atoms with Gasteiger partial charge in [-0.2, -0.15) is 0 Å². The zero-order valence-corrected chi connectivity index (χ0v) is 6.88. The van der Waals surface area contributed by atoms with Crippen LogP contribution < -0.4 is 0 Å². The average Bonchev–Trinajstić information content (AvgIpc) is 2.75. The molecule has 0 N–H and O–H groups in total. The Labute approximate surface area is 72.7 Å². The van der Waals surface area contributed by atoms with Crippen LogP contribution in [0, 0.1) is 0 Å². The number of rotatable bonds is 2. The SMILES string of the molecule is O=Cc1ccc(-c2nccs2)o1. The molecule has 0 spiro atoms. The second-order valence-electron chi connectivity index (χ2n) is 2.16. The van der Waals surface area contributed by atoms with Crippen LogP contribution in [0.1, 0.15) is 10.6 Å². The fourth-order valence-electron chi connectivity index (χ4n) is 0.876. The fraction of sp³-hybridized carbons (Fsp3) is 0. The van der Waals surface area contributed by atoms with Crippen molar-refractivity contribution in [3.63, 3.8) is 0 Å². The Morgan fingerprint density at radius 3 is 3.00 bits per heavy atom. The maximum absolute atomic E-state index is 10.3. The molecule has 0 saturated carbocycles. The number of carbonyl (C=O) groups is 1. The number of nitrogens with zero attached hydrogens (tertiary/aromatic N) is 1. The molecule has 12 heavy (non-hydrogen) atoms. The van der Waals surface area contributed by atoms with Crippen LogP contribution in [-0.2, 0) is 0 Å². The van der Waals surface area contributed by atoms with Crippen molar-refractivity contribution >= 4 is 17.6 Å². The summed E-state index contributed by atoms with van der Waals surface area (Å²) in [6.45, 7) is 0. The Morgan fingerprint density at radius 2 is 2.42 bits per heavy atom. The number of aldehydes is 1. The van der Waals surface area contributed by atoms with E-state index in [-0.39, 0.29) is 0 Å². The van der Waals surface area contributed by atoms with Gasteiger partial charge in [-0.1, -0.05) is 0 Å². The molecular weight excluding hydrogens is 174 g/mol. The number of hydrogen-bond donors (Lipinski definition) is 0. The lowest BCUT2D eigenvalue weighted by molar-refractivity contribution is 0.110. The normalized spacial score (nSPS) is 10.0. The summed E-state index contributed by atoms with van der Waals surface area (Å²) in [5.41, 5.74) is 0. The third-order valence-corrected chi connectivity index (χ3v) is 2.17. The predicted molar refractivity (Wildman–Crippen MR) is 45.2 cm³/mol. The highest BCUT2D eigenvalue weighted by Gasteiger charge is 2.05. The fourth-order valence-corrected chi connectivity index (χ4v) is 1.47. The maximum Gasteiger partial charge on any atom is 0.185 e. The van der Waals surface area contributed by atoms with Crippen LogP contribution in [0.3, 0.4) is 0 Å². The van der Waals surface area contributed by atoms with E-state index >= 15 is 0 Å². The Morgan fingerprint density at radius 1 is 1.50 bits per heavy atom. The van der Waals surface area contributed by atoms with Crippen LogP contribution in [0.15, 0.2) is 28.1 Å². The lowest BCUT2D eigenvalue weighted by Gasteiger charge is -1.85. The Bertz CT molecular complexity index is 377. The molecule has 3 nitrogen and oxygen atoms in total. The third-order valence-electron chi connectivity index (χ3n) is 1.39. The molecule has 0 atom stereocenters. The van der Waals surface area contributed by atoms with Crippen LogP contribution in [0.5, 0.6) is 0 Å². The molecule has 0 aromatic carbocycles. The molecule has 0 amide bonds. The Kier molecular flexibility index (Phi) is 1.75. The van der Waals surface area contributed by atoms with Crippen LogP contribution in [-0.4, -0.2) is 11.3 Å². The highest BCUT2D eigenvalue weighted by molar-refractivity contribution is 7.13. The van der Waals surface area contributed by atoms with Gasteiger partial charge in [-0.25, -0.2) is 4.98 Å². The van der Waals surface area contributed by atoms with Gasteiger partial charge in [0.2, 0.25) is 0 Å². The van der Waals surface area contributed by atoms with Gasteiger partial charge in [-0.3, -0.25) is 4.79 Å². The molecular formula is C8H5NO2S. The number of thiazole rings is 1. The zero-order valence-electron chi connectivity index (χ0n) is 6.06. The highest BCUT2D eigenvalue weighted by atomic mass is 32.1. The van der Waals surface area contributed by atoms with E-state index in [1.54, 1.807) is 18.3 Å². The van der Waals surface area contributed by atoms with Crippen molar-refractivity contribution in [3.05, 3.63) is 29.5 Å². The second kappa shape index (κ2) is 2.91. The Balaban J connectivity index is 2.41. The van der Waals surface area contributed by atoms with Gasteiger partial charge >= 0.3 is 0 Å². The molecule has 0 bridgehead atoms. The van der Waals surface area contributed by atoms with Crippen molar-refractivity contribution in [3.8, 4) is 10.8 Å². The summed E-state index contributed by atoms with van der Waals surface area (Å²) in [5, 5.41) is 2.65. The zero-order chi connectivity index (χ0) is 8.39. The van der Waals surface area contributed by atoms with Crippen LogP contribution in [0.2, 0.25) is 0 Å². The van der Waals surface area contributed by atoms with E-state index in [0.29, 0.717) is 17.8 Å². The van der Waals surface area contributed by atoms with Gasteiger partial charge in [-0.05, 0) is 12.1 Å². The van der Waals surface area contributed by atoms with E-state index in [1.165, 1.54) is 11.3 Å². The van der Waals surface area contributed by atoms with Gasteiger partial charge in [0.05, 0.1) is 0 Å². The van der Waals surface area contributed by atoms with Gasteiger partial charge in [0.25, 0.3) is 0 Å². The molecule has 0 aliphatic carbocycles. The molecule has 2 aromatic rings. The summed E-state index contributed by atoms with van der Waals surface area (Å²) in [7, 11) is 0. The first-order valence-corrected chi connectivity index (χ1v) is 4.23. The molecule has 2 heterocycles. The van der Waals surface area contributed by atoms with Gasteiger partial charge < -0.3 is 4.42 Å². The summed E-state index contributed by atoms with van der Waals surface area (Å²) in [5.74, 6) is 0.979. The quantitative estimate of drug-likeness (QED) is 0.664. The van der Waals surface area contributed by atoms with Crippen molar-refractivity contribution in [2.75, 3.05) is 0 Å². The van der Waals surface area contributed by atoms with Crippen molar-refractivity contribution in [2.24, 2.45) is 0 Å². The van der Waals surface area contributed by atoms with Crippen molar-refractivity contribution in [1.82, 2.24) is 4.98 Å². The van der Waals surface area contributed by atoms with E-state index < -0.39 is 0 Å². The van der Waals surface area contributed by atoms with Gasteiger partial charge in [0.15, 0.2) is 22.8 Å². The Hall–Kier alpha value is -1.42. The molecule has 0 fully saturated rings. The largest absolute Gasteiger partial charge is 0.451 e. The standard InChI is InChI=1S/C8H5NO2S/c10-5-6-1-2-7(11-6)8-9-3-4-12-8/h1-5H. The number of carbonyl (C=O) groups excluding carboxylic acids is 1.